The van der Waals surface area contributed by atoms with Crippen molar-refractivity contribution in [1.29, 1.82) is 0 Å². The third kappa shape index (κ3) is 5.00. The Balaban J connectivity index is 1.41. The second kappa shape index (κ2) is 10.6. The number of aliphatic hydroxyl groups is 1. The number of amides is 1. The van der Waals surface area contributed by atoms with Gasteiger partial charge >= 0.3 is 5.97 Å². The second-order valence-electron chi connectivity index (χ2n) is 9.49. The Labute approximate surface area is 214 Å². The Morgan fingerprint density at radius 3 is 2.97 bits per heavy atom. The number of carbonyl (C=O) groups is 2. The molecule has 2 heterocycles. The summed E-state index contributed by atoms with van der Waals surface area (Å²) in [4.78, 5) is 27.9. The molecule has 1 saturated carbocycles. The first kappa shape index (κ1) is 24.8. The normalized spacial score (nSPS) is 22.6. The number of ether oxygens (including phenoxy) is 2. The van der Waals surface area contributed by atoms with Crippen LogP contribution in [0, 0.1) is 17.7 Å². The van der Waals surface area contributed by atoms with E-state index in [1.807, 2.05) is 18.2 Å². The van der Waals surface area contributed by atoms with Crippen LogP contribution in [0.1, 0.15) is 40.2 Å². The molecule has 0 bridgehead atoms. The van der Waals surface area contributed by atoms with Crippen molar-refractivity contribution >= 4 is 36.1 Å². The summed E-state index contributed by atoms with van der Waals surface area (Å²) in [5.74, 6) is 0.690. The highest BCUT2D eigenvalue weighted by atomic mass is 32.2. The van der Waals surface area contributed by atoms with E-state index in [2.05, 4.69) is 4.90 Å². The van der Waals surface area contributed by atoms with E-state index in [1.54, 1.807) is 12.1 Å². The molecule has 5 rings (SSSR count). The summed E-state index contributed by atoms with van der Waals surface area (Å²) in [5, 5.41) is 9.35. The molecule has 190 valence electrons. The van der Waals surface area contributed by atoms with Crippen LogP contribution in [0.25, 0.3) is 6.08 Å². The van der Waals surface area contributed by atoms with Gasteiger partial charge in [-0.15, -0.1) is 0 Å². The molecule has 0 spiro atoms. The summed E-state index contributed by atoms with van der Waals surface area (Å²) in [6, 6.07) is 8.06. The molecule has 1 saturated heterocycles. The smallest absolute Gasteiger partial charge is 0.343 e. The summed E-state index contributed by atoms with van der Waals surface area (Å²) in [5.41, 5.74) is 2.19. The van der Waals surface area contributed by atoms with Crippen molar-refractivity contribution in [2.75, 3.05) is 44.3 Å². The molecule has 2 aromatic carbocycles. The number of nitrogens with zero attached hydrogens (tertiary/aromatic N) is 2. The first-order valence-corrected chi connectivity index (χ1v) is 12.9. The molecule has 2 unspecified atom stereocenters. The zero-order valence-electron chi connectivity index (χ0n) is 20.1. The number of hydrogen-bond donors (Lipinski definition) is 1. The van der Waals surface area contributed by atoms with Crippen LogP contribution in [0.5, 0.6) is 5.75 Å². The number of hydrogen-bond acceptors (Lipinski definition) is 7. The SMILES string of the molecule is COC(=O)c1c(N(C=O)Sc2ccc(F)cc2/C=C\CN2CCC(CO)C2)ccc2c1OC[C@@H]1CC21. The molecule has 3 atom stereocenters. The maximum Gasteiger partial charge on any atom is 0.343 e. The molecule has 2 aromatic rings. The van der Waals surface area contributed by atoms with Gasteiger partial charge in [0.2, 0.25) is 6.41 Å². The molecule has 1 N–H and O–H groups in total. The Hall–Kier alpha value is -2.88. The van der Waals surface area contributed by atoms with Crippen molar-refractivity contribution in [3.8, 4) is 5.75 Å². The molecule has 7 nitrogen and oxygen atoms in total. The van der Waals surface area contributed by atoms with E-state index in [-0.39, 0.29) is 18.0 Å². The van der Waals surface area contributed by atoms with Crippen LogP contribution in [0.15, 0.2) is 41.3 Å². The molecule has 36 heavy (non-hydrogen) atoms. The summed E-state index contributed by atoms with van der Waals surface area (Å²) >= 11 is 1.11. The number of fused-ring (bicyclic) bond motifs is 3. The summed E-state index contributed by atoms with van der Waals surface area (Å²) in [6.45, 7) is 3.17. The van der Waals surface area contributed by atoms with E-state index in [0.29, 0.717) is 59.2 Å². The van der Waals surface area contributed by atoms with Crippen LogP contribution in [0.3, 0.4) is 0 Å². The molecule has 3 aliphatic rings. The first-order valence-electron chi connectivity index (χ1n) is 12.1. The van der Waals surface area contributed by atoms with Crippen molar-refractivity contribution < 1.29 is 28.6 Å². The van der Waals surface area contributed by atoms with Crippen LogP contribution >= 0.6 is 11.9 Å². The minimum absolute atomic E-state index is 0.189. The predicted molar refractivity (Wildman–Crippen MR) is 136 cm³/mol. The fourth-order valence-corrected chi connectivity index (χ4v) is 5.91. The van der Waals surface area contributed by atoms with Crippen molar-refractivity contribution in [1.82, 2.24) is 4.90 Å². The number of methoxy groups -OCH3 is 1. The largest absolute Gasteiger partial charge is 0.492 e. The quantitative estimate of drug-likeness (QED) is 0.308. The number of anilines is 1. The highest BCUT2D eigenvalue weighted by molar-refractivity contribution is 8.01. The molecule has 0 radical (unpaired) electrons. The Morgan fingerprint density at radius 1 is 1.36 bits per heavy atom. The zero-order valence-corrected chi connectivity index (χ0v) is 20.9. The first-order chi connectivity index (χ1) is 17.5. The minimum atomic E-state index is -0.570. The van der Waals surface area contributed by atoms with Crippen molar-refractivity contribution in [2.24, 2.45) is 11.8 Å². The van der Waals surface area contributed by atoms with Crippen LogP contribution in [-0.4, -0.2) is 62.3 Å². The van der Waals surface area contributed by atoms with Crippen molar-refractivity contribution in [3.63, 3.8) is 0 Å². The topological polar surface area (TPSA) is 79.3 Å². The van der Waals surface area contributed by atoms with E-state index in [4.69, 9.17) is 9.47 Å². The maximum absolute atomic E-state index is 14.1. The van der Waals surface area contributed by atoms with E-state index >= 15 is 0 Å². The van der Waals surface area contributed by atoms with Crippen LogP contribution < -0.4 is 9.04 Å². The molecule has 0 aromatic heterocycles. The van der Waals surface area contributed by atoms with Gasteiger partial charge in [0.15, 0.2) is 0 Å². The minimum Gasteiger partial charge on any atom is -0.492 e. The van der Waals surface area contributed by atoms with Gasteiger partial charge in [-0.2, -0.15) is 0 Å². The van der Waals surface area contributed by atoms with Crippen molar-refractivity contribution in [2.45, 2.75) is 23.7 Å². The number of aliphatic hydroxyl groups excluding tert-OH is 1. The number of likely N-dealkylation sites (tertiary alicyclic amines) is 1. The van der Waals surface area contributed by atoms with Crippen LogP contribution in [0.4, 0.5) is 10.1 Å². The van der Waals surface area contributed by atoms with Crippen LogP contribution in [0.2, 0.25) is 0 Å². The highest BCUT2D eigenvalue weighted by Crippen LogP contribution is 2.56. The molecule has 2 aliphatic heterocycles. The predicted octanol–water partition coefficient (Wildman–Crippen LogP) is 4.11. The fourth-order valence-electron chi connectivity index (χ4n) is 5.04. The lowest BCUT2D eigenvalue weighted by atomic mass is 10.00. The molecule has 2 fully saturated rings. The molecule has 9 heteroatoms. The maximum atomic E-state index is 14.1. The second-order valence-corrected chi connectivity index (χ2v) is 10.5. The van der Waals surface area contributed by atoms with E-state index < -0.39 is 5.97 Å². The number of rotatable bonds is 9. The van der Waals surface area contributed by atoms with Gasteiger partial charge in [-0.25, -0.2) is 9.18 Å². The van der Waals surface area contributed by atoms with Gasteiger partial charge < -0.3 is 14.6 Å². The highest BCUT2D eigenvalue weighted by Gasteiger charge is 2.45. The standard InChI is InChI=1S/C27H29FN2O5S/c1-34-27(33)25-23(6-5-21-22-12-19(22)15-35-26(21)25)30(16-32)36-24-7-4-20(28)11-18(24)3-2-9-29-10-8-17(13-29)14-31/h2-7,11,16-17,19,22,31H,8-10,12-15H2,1H3/b3-2-/t17?,19-,22?/m0/s1. The van der Waals surface area contributed by atoms with Gasteiger partial charge in [0.1, 0.15) is 17.1 Å². The lowest BCUT2D eigenvalue weighted by Gasteiger charge is -2.25. The van der Waals surface area contributed by atoms with E-state index in [0.717, 1.165) is 43.4 Å². The van der Waals surface area contributed by atoms with Gasteiger partial charge in [0, 0.05) is 30.5 Å². The molecular weight excluding hydrogens is 483 g/mol. The van der Waals surface area contributed by atoms with Gasteiger partial charge in [-0.3, -0.25) is 14.0 Å². The third-order valence-electron chi connectivity index (χ3n) is 7.11. The van der Waals surface area contributed by atoms with Gasteiger partial charge in [0.05, 0.1) is 19.4 Å². The monoisotopic (exact) mass is 512 g/mol. The van der Waals surface area contributed by atoms with Crippen LogP contribution in [-0.2, 0) is 9.53 Å². The molecule has 1 aliphatic carbocycles. The number of esters is 1. The zero-order chi connectivity index (χ0) is 25.2. The summed E-state index contributed by atoms with van der Waals surface area (Å²) in [7, 11) is 1.30. The fraction of sp³-hybridized carbons (Fsp3) is 0.407. The lowest BCUT2D eigenvalue weighted by molar-refractivity contribution is -0.106. The van der Waals surface area contributed by atoms with Gasteiger partial charge in [-0.1, -0.05) is 18.2 Å². The average molecular weight is 513 g/mol. The van der Waals surface area contributed by atoms with E-state index in [9.17, 15) is 19.1 Å². The Morgan fingerprint density at radius 2 is 2.22 bits per heavy atom. The molecule has 1 amide bonds. The summed E-state index contributed by atoms with van der Waals surface area (Å²) < 4.78 is 26.5. The van der Waals surface area contributed by atoms with E-state index in [1.165, 1.54) is 23.5 Å². The number of carbonyl (C=O) groups excluding carboxylic acids is 2. The number of halogens is 1. The average Bonchev–Trinajstić information content (AvgIpc) is 3.56. The third-order valence-corrected chi connectivity index (χ3v) is 8.16. The van der Waals surface area contributed by atoms with Gasteiger partial charge in [-0.05, 0) is 78.6 Å². The van der Waals surface area contributed by atoms with Gasteiger partial charge in [0.25, 0.3) is 0 Å². The molecular formula is C27H29FN2O5S. The lowest BCUT2D eigenvalue weighted by Crippen LogP contribution is -2.21. The van der Waals surface area contributed by atoms with Crippen molar-refractivity contribution in [3.05, 3.63) is 58.9 Å². The number of benzene rings is 2. The Kier molecular flexibility index (Phi) is 7.32. The Bertz CT molecular complexity index is 1190. The summed E-state index contributed by atoms with van der Waals surface area (Å²) in [6.07, 6.45) is 6.43.